The van der Waals surface area contributed by atoms with Crippen LogP contribution >= 0.6 is 27.3 Å². The molecule has 0 fully saturated rings. The maximum Gasteiger partial charge on any atom is 0.258 e. The predicted molar refractivity (Wildman–Crippen MR) is 96.2 cm³/mol. The zero-order chi connectivity index (χ0) is 17.1. The summed E-state index contributed by atoms with van der Waals surface area (Å²) in [6, 6.07) is 11.7. The Hall–Kier alpha value is -2.25. The van der Waals surface area contributed by atoms with E-state index in [1.165, 1.54) is 24.5 Å². The van der Waals surface area contributed by atoms with Crippen molar-refractivity contribution in [1.29, 1.82) is 0 Å². The van der Waals surface area contributed by atoms with Crippen molar-refractivity contribution in [3.8, 4) is 17.0 Å². The molecule has 1 aromatic heterocycles. The van der Waals surface area contributed by atoms with Crippen LogP contribution < -0.4 is 10.1 Å². The molecule has 0 saturated carbocycles. The van der Waals surface area contributed by atoms with Gasteiger partial charge in [-0.25, -0.2) is 9.37 Å². The molecule has 0 unspecified atom stereocenters. The Kier molecular flexibility index (Phi) is 4.92. The second-order valence-electron chi connectivity index (χ2n) is 4.82. The third kappa shape index (κ3) is 3.47. The minimum absolute atomic E-state index is 0.177. The molecule has 0 atom stereocenters. The van der Waals surface area contributed by atoms with E-state index in [9.17, 15) is 9.18 Å². The Morgan fingerprint density at radius 2 is 2.08 bits per heavy atom. The highest BCUT2D eigenvalue weighted by atomic mass is 79.9. The topological polar surface area (TPSA) is 51.2 Å². The molecular weight excluding hydrogens is 395 g/mol. The van der Waals surface area contributed by atoms with E-state index in [4.69, 9.17) is 4.74 Å². The minimum Gasteiger partial charge on any atom is -0.494 e. The van der Waals surface area contributed by atoms with Crippen molar-refractivity contribution >= 4 is 38.3 Å². The predicted octanol–water partition coefficient (Wildman–Crippen LogP) is 4.97. The van der Waals surface area contributed by atoms with Gasteiger partial charge in [-0.05, 0) is 46.3 Å². The Morgan fingerprint density at radius 1 is 1.29 bits per heavy atom. The second kappa shape index (κ2) is 7.11. The van der Waals surface area contributed by atoms with Gasteiger partial charge >= 0.3 is 0 Å². The van der Waals surface area contributed by atoms with Gasteiger partial charge in [0.05, 0.1) is 18.4 Å². The van der Waals surface area contributed by atoms with Crippen molar-refractivity contribution in [3.63, 3.8) is 0 Å². The van der Waals surface area contributed by atoms with E-state index in [1.54, 1.807) is 35.7 Å². The van der Waals surface area contributed by atoms with Crippen LogP contribution in [0.4, 0.5) is 9.52 Å². The van der Waals surface area contributed by atoms with E-state index < -0.39 is 5.82 Å². The van der Waals surface area contributed by atoms with E-state index in [0.717, 1.165) is 0 Å². The highest BCUT2D eigenvalue weighted by Crippen LogP contribution is 2.29. The summed E-state index contributed by atoms with van der Waals surface area (Å²) in [6.45, 7) is 0. The summed E-state index contributed by atoms with van der Waals surface area (Å²) in [6.07, 6.45) is 0. The molecule has 1 N–H and O–H groups in total. The molecule has 4 nitrogen and oxygen atoms in total. The molecule has 3 rings (SSSR count). The smallest absolute Gasteiger partial charge is 0.258 e. The molecule has 0 saturated heterocycles. The normalized spacial score (nSPS) is 10.5. The number of halogens is 2. The van der Waals surface area contributed by atoms with Crippen LogP contribution in [0.25, 0.3) is 11.3 Å². The Bertz CT molecular complexity index is 898. The number of carbonyl (C=O) groups excluding carboxylic acids is 1. The van der Waals surface area contributed by atoms with Crippen LogP contribution in [0.1, 0.15) is 10.4 Å². The third-order valence-corrected chi connectivity index (χ3v) is 4.74. The number of thiazole rings is 1. The first-order valence-electron chi connectivity index (χ1n) is 6.94. The maximum atomic E-state index is 13.8. The fourth-order valence-electron chi connectivity index (χ4n) is 2.10. The van der Waals surface area contributed by atoms with Gasteiger partial charge < -0.3 is 4.74 Å². The van der Waals surface area contributed by atoms with Crippen LogP contribution in [0.2, 0.25) is 0 Å². The van der Waals surface area contributed by atoms with E-state index in [-0.39, 0.29) is 11.7 Å². The minimum atomic E-state index is -0.457. The molecule has 3 aromatic rings. The number of rotatable bonds is 4. The number of anilines is 1. The summed E-state index contributed by atoms with van der Waals surface area (Å²) in [5.41, 5.74) is 1.72. The van der Waals surface area contributed by atoms with Gasteiger partial charge in [-0.2, -0.15) is 0 Å². The van der Waals surface area contributed by atoms with Crippen molar-refractivity contribution in [2.75, 3.05) is 12.4 Å². The van der Waals surface area contributed by atoms with Gasteiger partial charge in [0.1, 0.15) is 0 Å². The lowest BCUT2D eigenvalue weighted by atomic mass is 10.1. The van der Waals surface area contributed by atoms with Crippen molar-refractivity contribution in [2.45, 2.75) is 0 Å². The van der Waals surface area contributed by atoms with E-state index in [2.05, 4.69) is 26.2 Å². The lowest BCUT2D eigenvalue weighted by Crippen LogP contribution is -2.12. The Balaban J connectivity index is 1.80. The lowest BCUT2D eigenvalue weighted by Gasteiger charge is -2.04. The Labute approximate surface area is 150 Å². The molecule has 0 spiro atoms. The van der Waals surface area contributed by atoms with Crippen LogP contribution in [-0.4, -0.2) is 18.0 Å². The van der Waals surface area contributed by atoms with Crippen LogP contribution in [0.3, 0.4) is 0 Å². The zero-order valence-corrected chi connectivity index (χ0v) is 14.9. The highest BCUT2D eigenvalue weighted by Gasteiger charge is 2.13. The van der Waals surface area contributed by atoms with Crippen LogP contribution in [0.15, 0.2) is 52.3 Å². The van der Waals surface area contributed by atoms with Gasteiger partial charge in [-0.3, -0.25) is 10.1 Å². The first-order chi connectivity index (χ1) is 11.6. The molecule has 2 aromatic carbocycles. The molecule has 7 heteroatoms. The number of carbonyl (C=O) groups is 1. The summed E-state index contributed by atoms with van der Waals surface area (Å²) in [5, 5.41) is 4.95. The van der Waals surface area contributed by atoms with Crippen LogP contribution in [-0.2, 0) is 0 Å². The number of amides is 1. The quantitative estimate of drug-likeness (QED) is 0.664. The fourth-order valence-corrected chi connectivity index (χ4v) is 3.28. The zero-order valence-electron chi connectivity index (χ0n) is 12.5. The molecule has 0 radical (unpaired) electrons. The standard InChI is InChI=1S/C17H12BrFN2O2S/c1-23-15-7-6-10(8-13(15)19)14-9-24-17(20-14)21-16(22)11-4-2-3-5-12(11)18/h2-9H,1H3,(H,20,21,22). The molecule has 1 heterocycles. The second-order valence-corrected chi connectivity index (χ2v) is 6.53. The first-order valence-corrected chi connectivity index (χ1v) is 8.61. The summed E-state index contributed by atoms with van der Waals surface area (Å²) >= 11 is 4.62. The fraction of sp³-hybridized carbons (Fsp3) is 0.0588. The Morgan fingerprint density at radius 3 is 2.79 bits per heavy atom. The largest absolute Gasteiger partial charge is 0.494 e. The van der Waals surface area contributed by atoms with Gasteiger partial charge in [0.25, 0.3) is 5.91 Å². The number of aromatic nitrogens is 1. The van der Waals surface area contributed by atoms with Crippen molar-refractivity contribution in [2.24, 2.45) is 0 Å². The van der Waals surface area contributed by atoms with E-state index >= 15 is 0 Å². The molecule has 0 bridgehead atoms. The van der Waals surface area contributed by atoms with E-state index in [1.807, 2.05) is 6.07 Å². The van der Waals surface area contributed by atoms with Gasteiger partial charge in [-0.1, -0.05) is 12.1 Å². The van der Waals surface area contributed by atoms with Crippen LogP contribution in [0, 0.1) is 5.82 Å². The summed E-state index contributed by atoms with van der Waals surface area (Å²) < 4.78 is 19.4. The number of methoxy groups -OCH3 is 1. The van der Waals surface area contributed by atoms with Crippen molar-refractivity contribution in [1.82, 2.24) is 4.98 Å². The van der Waals surface area contributed by atoms with E-state index in [0.29, 0.717) is 26.4 Å². The van der Waals surface area contributed by atoms with Gasteiger partial charge in [0, 0.05) is 15.4 Å². The van der Waals surface area contributed by atoms with Gasteiger partial charge in [0.15, 0.2) is 16.7 Å². The number of nitrogens with one attached hydrogen (secondary N) is 1. The number of benzene rings is 2. The number of hydrogen-bond donors (Lipinski definition) is 1. The summed E-state index contributed by atoms with van der Waals surface area (Å²) in [7, 11) is 1.41. The highest BCUT2D eigenvalue weighted by molar-refractivity contribution is 9.10. The molecule has 1 amide bonds. The molecule has 0 aliphatic carbocycles. The number of ether oxygens (including phenoxy) is 1. The summed E-state index contributed by atoms with van der Waals surface area (Å²) in [4.78, 5) is 16.6. The lowest BCUT2D eigenvalue weighted by molar-refractivity contribution is 0.102. The molecule has 122 valence electrons. The van der Waals surface area contributed by atoms with Crippen molar-refractivity contribution < 1.29 is 13.9 Å². The van der Waals surface area contributed by atoms with Gasteiger partial charge in [-0.15, -0.1) is 11.3 Å². The average molecular weight is 407 g/mol. The molecule has 0 aliphatic rings. The average Bonchev–Trinajstić information content (AvgIpc) is 3.03. The molecule has 0 aliphatic heterocycles. The number of hydrogen-bond acceptors (Lipinski definition) is 4. The van der Waals surface area contributed by atoms with Crippen molar-refractivity contribution in [3.05, 3.63) is 63.7 Å². The first kappa shape index (κ1) is 16.6. The third-order valence-electron chi connectivity index (χ3n) is 3.29. The van der Waals surface area contributed by atoms with Gasteiger partial charge in [0.2, 0.25) is 0 Å². The number of nitrogens with zero attached hydrogens (tertiary/aromatic N) is 1. The SMILES string of the molecule is COc1ccc(-c2csc(NC(=O)c3ccccc3Br)n2)cc1F. The maximum absolute atomic E-state index is 13.8. The monoisotopic (exact) mass is 406 g/mol. The van der Waals surface area contributed by atoms with Crippen LogP contribution in [0.5, 0.6) is 5.75 Å². The summed E-state index contributed by atoms with van der Waals surface area (Å²) in [5.74, 6) is -0.539. The molecular formula is C17H12BrFN2O2S. The molecule has 24 heavy (non-hydrogen) atoms.